The molecule has 1 fully saturated rings. The molecule has 3 rings (SSSR count). The van der Waals surface area contributed by atoms with Gasteiger partial charge in [0.25, 0.3) is 0 Å². The van der Waals surface area contributed by atoms with Crippen molar-refractivity contribution in [2.45, 2.75) is 32.2 Å². The summed E-state index contributed by atoms with van der Waals surface area (Å²) in [6.07, 6.45) is 1.22. The quantitative estimate of drug-likeness (QED) is 0.859. The molecular formula is C13H15N3O2S. The molecule has 0 saturated carbocycles. The maximum atomic E-state index is 12.0. The Labute approximate surface area is 115 Å². The Balaban J connectivity index is 1.69. The fourth-order valence-electron chi connectivity index (χ4n) is 2.26. The summed E-state index contributed by atoms with van der Waals surface area (Å²) in [5.74, 6) is 1.51. The number of carbonyl (C=O) groups excluding carboxylic acids is 1. The van der Waals surface area contributed by atoms with Crippen molar-refractivity contribution >= 4 is 17.2 Å². The molecule has 1 aliphatic heterocycles. The number of rotatable bonds is 4. The molecule has 19 heavy (non-hydrogen) atoms. The number of nitrogens with zero attached hydrogens (tertiary/aromatic N) is 3. The van der Waals surface area contributed by atoms with E-state index in [4.69, 9.17) is 4.52 Å². The van der Waals surface area contributed by atoms with Crippen LogP contribution in [0.5, 0.6) is 0 Å². The van der Waals surface area contributed by atoms with Crippen molar-refractivity contribution in [3.8, 4) is 0 Å². The third kappa shape index (κ3) is 2.53. The maximum Gasteiger partial charge on any atom is 0.232 e. The summed E-state index contributed by atoms with van der Waals surface area (Å²) < 4.78 is 5.23. The van der Waals surface area contributed by atoms with Crippen molar-refractivity contribution < 1.29 is 9.32 Å². The Morgan fingerprint density at radius 2 is 2.47 bits per heavy atom. The molecule has 0 aliphatic carbocycles. The van der Waals surface area contributed by atoms with Crippen molar-refractivity contribution in [1.82, 2.24) is 15.0 Å². The predicted octanol–water partition coefficient (Wildman–Crippen LogP) is 2.21. The average Bonchev–Trinajstić information content (AvgIpc) is 3.12. The molecule has 1 aliphatic rings. The van der Waals surface area contributed by atoms with Gasteiger partial charge in [-0.05, 0) is 11.4 Å². The van der Waals surface area contributed by atoms with Crippen molar-refractivity contribution in [3.63, 3.8) is 0 Å². The summed E-state index contributed by atoms with van der Waals surface area (Å²) in [6, 6.07) is 4.05. The van der Waals surface area contributed by atoms with Crippen LogP contribution in [0, 0.1) is 0 Å². The predicted molar refractivity (Wildman–Crippen MR) is 70.8 cm³/mol. The second-order valence-corrected chi connectivity index (χ2v) is 5.69. The molecule has 2 aromatic heterocycles. The minimum atomic E-state index is 0.0419. The molecule has 0 bridgehead atoms. The van der Waals surface area contributed by atoms with Gasteiger partial charge >= 0.3 is 0 Å². The summed E-state index contributed by atoms with van der Waals surface area (Å²) in [5.41, 5.74) is 0. The van der Waals surface area contributed by atoms with E-state index in [-0.39, 0.29) is 11.8 Å². The third-order valence-electron chi connectivity index (χ3n) is 3.29. The van der Waals surface area contributed by atoms with Gasteiger partial charge < -0.3 is 9.42 Å². The molecule has 6 heteroatoms. The van der Waals surface area contributed by atoms with E-state index in [0.717, 1.165) is 6.42 Å². The van der Waals surface area contributed by atoms with Crippen LogP contribution >= 0.6 is 11.3 Å². The number of aryl methyl sites for hydroxylation is 1. The molecule has 5 nitrogen and oxygen atoms in total. The first-order valence-corrected chi connectivity index (χ1v) is 7.27. The lowest BCUT2D eigenvalue weighted by Gasteiger charge is -2.14. The summed E-state index contributed by atoms with van der Waals surface area (Å²) in [7, 11) is 0. The second-order valence-electron chi connectivity index (χ2n) is 4.66. The largest absolute Gasteiger partial charge is 0.339 e. The highest BCUT2D eigenvalue weighted by atomic mass is 32.1. The zero-order chi connectivity index (χ0) is 13.2. The Morgan fingerprint density at radius 1 is 1.58 bits per heavy atom. The number of likely N-dealkylation sites (tertiary alicyclic amines) is 1. The fourth-order valence-corrected chi connectivity index (χ4v) is 2.98. The molecule has 0 radical (unpaired) electrons. The monoisotopic (exact) mass is 277 g/mol. The molecule has 1 amide bonds. The molecule has 0 aromatic carbocycles. The van der Waals surface area contributed by atoms with Crippen LogP contribution in [0.25, 0.3) is 0 Å². The first-order valence-electron chi connectivity index (χ1n) is 6.39. The zero-order valence-corrected chi connectivity index (χ0v) is 11.5. The molecule has 0 N–H and O–H groups in total. The number of thiophene rings is 1. The van der Waals surface area contributed by atoms with Crippen LogP contribution in [-0.2, 0) is 17.8 Å². The van der Waals surface area contributed by atoms with Gasteiger partial charge in [-0.3, -0.25) is 4.79 Å². The molecule has 100 valence electrons. The van der Waals surface area contributed by atoms with Gasteiger partial charge in [-0.2, -0.15) is 4.98 Å². The topological polar surface area (TPSA) is 59.2 Å². The van der Waals surface area contributed by atoms with Crippen LogP contribution in [0.1, 0.15) is 35.9 Å². The highest BCUT2D eigenvalue weighted by Gasteiger charge is 2.34. The van der Waals surface area contributed by atoms with Crippen molar-refractivity contribution in [2.75, 3.05) is 6.54 Å². The smallest absolute Gasteiger partial charge is 0.232 e. The van der Waals surface area contributed by atoms with Crippen LogP contribution in [0.15, 0.2) is 22.0 Å². The van der Waals surface area contributed by atoms with Gasteiger partial charge in [0.1, 0.15) is 0 Å². The van der Waals surface area contributed by atoms with Crippen molar-refractivity contribution in [1.29, 1.82) is 0 Å². The van der Waals surface area contributed by atoms with Crippen LogP contribution in [0.2, 0.25) is 0 Å². The fraction of sp³-hybridized carbons (Fsp3) is 0.462. The minimum absolute atomic E-state index is 0.0419. The van der Waals surface area contributed by atoms with Gasteiger partial charge in [0.2, 0.25) is 11.8 Å². The first kappa shape index (κ1) is 12.3. The number of aromatic nitrogens is 2. The summed E-state index contributed by atoms with van der Waals surface area (Å²) in [6.45, 7) is 3.33. The minimum Gasteiger partial charge on any atom is -0.339 e. The van der Waals surface area contributed by atoms with Gasteiger partial charge in [-0.1, -0.05) is 18.1 Å². The van der Waals surface area contributed by atoms with Gasteiger partial charge in [0.15, 0.2) is 5.82 Å². The maximum absolute atomic E-state index is 12.0. The lowest BCUT2D eigenvalue weighted by molar-refractivity contribution is -0.128. The third-order valence-corrected chi connectivity index (χ3v) is 4.15. The lowest BCUT2D eigenvalue weighted by atomic mass is 10.1. The van der Waals surface area contributed by atoms with Gasteiger partial charge in [0, 0.05) is 24.3 Å². The SMILES string of the molecule is CCc1noc(C2CC(=O)N(Cc3cccs3)C2)n1. The molecular weight excluding hydrogens is 262 g/mol. The van der Waals surface area contributed by atoms with Crippen LogP contribution < -0.4 is 0 Å². The van der Waals surface area contributed by atoms with Crippen molar-refractivity contribution in [2.24, 2.45) is 0 Å². The number of carbonyl (C=O) groups is 1. The average molecular weight is 277 g/mol. The molecule has 1 saturated heterocycles. The van der Waals surface area contributed by atoms with E-state index in [0.29, 0.717) is 31.2 Å². The Kier molecular flexibility index (Phi) is 3.33. The zero-order valence-electron chi connectivity index (χ0n) is 10.7. The number of amides is 1. The van der Waals surface area contributed by atoms with E-state index >= 15 is 0 Å². The van der Waals surface area contributed by atoms with E-state index in [9.17, 15) is 4.79 Å². The highest BCUT2D eigenvalue weighted by Crippen LogP contribution is 2.28. The van der Waals surface area contributed by atoms with Crippen LogP contribution in [-0.4, -0.2) is 27.5 Å². The summed E-state index contributed by atoms with van der Waals surface area (Å²) in [5, 5.41) is 5.92. The van der Waals surface area contributed by atoms with Gasteiger partial charge in [-0.25, -0.2) is 0 Å². The van der Waals surface area contributed by atoms with E-state index < -0.39 is 0 Å². The Hall–Kier alpha value is -1.69. The standard InChI is InChI=1S/C13H15N3O2S/c1-2-11-14-13(18-15-11)9-6-12(17)16(7-9)8-10-4-3-5-19-10/h3-5,9H,2,6-8H2,1H3. The Morgan fingerprint density at radius 3 is 3.16 bits per heavy atom. The molecule has 2 aromatic rings. The number of hydrogen-bond donors (Lipinski definition) is 0. The second kappa shape index (κ2) is 5.13. The summed E-state index contributed by atoms with van der Waals surface area (Å²) in [4.78, 5) is 19.4. The molecule has 1 unspecified atom stereocenters. The molecule has 3 heterocycles. The lowest BCUT2D eigenvalue weighted by Crippen LogP contribution is -2.23. The Bertz CT molecular complexity index is 564. The highest BCUT2D eigenvalue weighted by molar-refractivity contribution is 7.09. The number of hydrogen-bond acceptors (Lipinski definition) is 5. The molecule has 1 atom stereocenters. The van der Waals surface area contributed by atoms with Gasteiger partial charge in [-0.15, -0.1) is 11.3 Å². The molecule has 0 spiro atoms. The van der Waals surface area contributed by atoms with E-state index in [1.54, 1.807) is 11.3 Å². The van der Waals surface area contributed by atoms with E-state index in [1.165, 1.54) is 4.88 Å². The van der Waals surface area contributed by atoms with Crippen molar-refractivity contribution in [3.05, 3.63) is 34.1 Å². The first-order chi connectivity index (χ1) is 9.26. The normalized spacial score (nSPS) is 19.3. The van der Waals surface area contributed by atoms with E-state index in [2.05, 4.69) is 10.1 Å². The summed E-state index contributed by atoms with van der Waals surface area (Å²) >= 11 is 1.67. The van der Waals surface area contributed by atoms with Gasteiger partial charge in [0.05, 0.1) is 12.5 Å². The van der Waals surface area contributed by atoms with E-state index in [1.807, 2.05) is 29.3 Å². The van der Waals surface area contributed by atoms with Crippen LogP contribution in [0.3, 0.4) is 0 Å². The van der Waals surface area contributed by atoms with Crippen LogP contribution in [0.4, 0.5) is 0 Å².